The van der Waals surface area contributed by atoms with Crippen molar-refractivity contribution in [3.63, 3.8) is 0 Å². The Bertz CT molecular complexity index is 128. The number of likely N-dealkylation sites (N-methyl/N-ethyl adjacent to an activating group) is 1. The molecule has 11 heavy (non-hydrogen) atoms. The van der Waals surface area contributed by atoms with Crippen LogP contribution in [0.3, 0.4) is 0 Å². The van der Waals surface area contributed by atoms with Crippen LogP contribution in [0.15, 0.2) is 0 Å². The number of hydrogen-bond acceptors (Lipinski definition) is 2. The van der Waals surface area contributed by atoms with Gasteiger partial charge in [-0.05, 0) is 13.8 Å². The SMILES string of the molecule is CCN(CC(C)O)C(=O)CCl. The Balaban J connectivity index is 3.84. The fourth-order valence-electron chi connectivity index (χ4n) is 0.811. The molecule has 0 radical (unpaired) electrons. The van der Waals surface area contributed by atoms with E-state index in [9.17, 15) is 4.79 Å². The number of aliphatic hydroxyl groups is 1. The Kier molecular flexibility index (Phi) is 5.24. The van der Waals surface area contributed by atoms with E-state index in [0.29, 0.717) is 13.1 Å². The molecule has 0 saturated heterocycles. The smallest absolute Gasteiger partial charge is 0.237 e. The number of hydrogen-bond donors (Lipinski definition) is 1. The first kappa shape index (κ1) is 10.7. The molecule has 0 saturated carbocycles. The van der Waals surface area contributed by atoms with Crippen LogP contribution in [0.4, 0.5) is 0 Å². The second-order valence-corrected chi connectivity index (χ2v) is 2.68. The van der Waals surface area contributed by atoms with E-state index in [2.05, 4.69) is 0 Å². The van der Waals surface area contributed by atoms with Crippen LogP contribution < -0.4 is 0 Å². The quantitative estimate of drug-likeness (QED) is 0.637. The molecule has 0 rings (SSSR count). The number of nitrogens with zero attached hydrogens (tertiary/aromatic N) is 1. The van der Waals surface area contributed by atoms with E-state index >= 15 is 0 Å². The minimum absolute atomic E-state index is 0.0133. The van der Waals surface area contributed by atoms with Gasteiger partial charge < -0.3 is 10.0 Å². The van der Waals surface area contributed by atoms with E-state index in [-0.39, 0.29) is 11.8 Å². The lowest BCUT2D eigenvalue weighted by molar-refractivity contribution is -0.129. The van der Waals surface area contributed by atoms with Crippen LogP contribution in [-0.4, -0.2) is 41.0 Å². The first-order valence-electron chi connectivity index (χ1n) is 3.63. The van der Waals surface area contributed by atoms with Crippen LogP contribution in [-0.2, 0) is 4.79 Å². The molecule has 0 aromatic carbocycles. The second kappa shape index (κ2) is 5.38. The molecule has 0 aromatic rings. The third-order valence-corrected chi connectivity index (χ3v) is 1.56. The van der Waals surface area contributed by atoms with E-state index in [1.165, 1.54) is 4.90 Å². The van der Waals surface area contributed by atoms with Gasteiger partial charge in [0, 0.05) is 13.1 Å². The van der Waals surface area contributed by atoms with Gasteiger partial charge in [0.05, 0.1) is 6.10 Å². The van der Waals surface area contributed by atoms with Gasteiger partial charge in [0.1, 0.15) is 5.88 Å². The summed E-state index contributed by atoms with van der Waals surface area (Å²) in [7, 11) is 0. The normalized spacial score (nSPS) is 12.7. The summed E-state index contributed by atoms with van der Waals surface area (Å²) in [6.07, 6.45) is -0.484. The summed E-state index contributed by atoms with van der Waals surface area (Å²) in [6.45, 7) is 4.45. The summed E-state index contributed by atoms with van der Waals surface area (Å²) in [5, 5.41) is 8.96. The maximum atomic E-state index is 11.0. The van der Waals surface area contributed by atoms with E-state index in [0.717, 1.165) is 0 Å². The fourth-order valence-corrected chi connectivity index (χ4v) is 0.980. The minimum Gasteiger partial charge on any atom is -0.392 e. The highest BCUT2D eigenvalue weighted by Gasteiger charge is 2.11. The molecule has 0 bridgehead atoms. The van der Waals surface area contributed by atoms with Crippen LogP contribution in [0.25, 0.3) is 0 Å². The highest BCUT2D eigenvalue weighted by Crippen LogP contribution is 1.94. The molecule has 1 atom stereocenters. The molecule has 0 spiro atoms. The molecule has 0 heterocycles. The van der Waals surface area contributed by atoms with Crippen molar-refractivity contribution in [1.29, 1.82) is 0 Å². The van der Waals surface area contributed by atoms with Crippen molar-refractivity contribution < 1.29 is 9.90 Å². The van der Waals surface area contributed by atoms with Gasteiger partial charge in [0.15, 0.2) is 0 Å². The van der Waals surface area contributed by atoms with Gasteiger partial charge in [0.25, 0.3) is 0 Å². The molecular weight excluding hydrogens is 166 g/mol. The zero-order valence-electron chi connectivity index (χ0n) is 6.88. The molecule has 4 heteroatoms. The maximum absolute atomic E-state index is 11.0. The van der Waals surface area contributed by atoms with Crippen molar-refractivity contribution in [2.75, 3.05) is 19.0 Å². The van der Waals surface area contributed by atoms with Crippen molar-refractivity contribution in [1.82, 2.24) is 4.90 Å². The second-order valence-electron chi connectivity index (χ2n) is 2.42. The summed E-state index contributed by atoms with van der Waals surface area (Å²) in [6, 6.07) is 0. The number of carbonyl (C=O) groups is 1. The number of rotatable bonds is 4. The molecule has 0 aliphatic carbocycles. The van der Waals surface area contributed by atoms with Crippen LogP contribution >= 0.6 is 11.6 Å². The van der Waals surface area contributed by atoms with Gasteiger partial charge in [-0.2, -0.15) is 0 Å². The topological polar surface area (TPSA) is 40.5 Å². The van der Waals surface area contributed by atoms with E-state index < -0.39 is 6.10 Å². The van der Waals surface area contributed by atoms with Gasteiger partial charge in [-0.3, -0.25) is 4.79 Å². The van der Waals surface area contributed by atoms with Crippen molar-refractivity contribution in [2.45, 2.75) is 20.0 Å². The third-order valence-electron chi connectivity index (χ3n) is 1.33. The van der Waals surface area contributed by atoms with Gasteiger partial charge in [-0.15, -0.1) is 11.6 Å². The average molecular weight is 180 g/mol. The molecule has 3 nitrogen and oxygen atoms in total. The number of halogens is 1. The van der Waals surface area contributed by atoms with E-state index in [1.54, 1.807) is 6.92 Å². The van der Waals surface area contributed by atoms with Crippen molar-refractivity contribution >= 4 is 17.5 Å². The van der Waals surface area contributed by atoms with Crippen LogP contribution in [0, 0.1) is 0 Å². The molecule has 0 aliphatic heterocycles. The lowest BCUT2D eigenvalue weighted by Gasteiger charge is -2.20. The fraction of sp³-hybridized carbons (Fsp3) is 0.857. The number of carbonyl (C=O) groups excluding carboxylic acids is 1. The molecule has 0 aliphatic rings. The Morgan fingerprint density at radius 3 is 2.55 bits per heavy atom. The first-order valence-corrected chi connectivity index (χ1v) is 4.17. The molecular formula is C7H14ClNO2. The monoisotopic (exact) mass is 179 g/mol. The molecule has 0 fully saturated rings. The van der Waals surface area contributed by atoms with Gasteiger partial charge in [-0.1, -0.05) is 0 Å². The Hall–Kier alpha value is -0.280. The predicted molar refractivity (Wildman–Crippen MR) is 44.7 cm³/mol. The molecule has 1 N–H and O–H groups in total. The van der Waals surface area contributed by atoms with Crippen molar-refractivity contribution in [3.05, 3.63) is 0 Å². The predicted octanol–water partition coefficient (Wildman–Crippen LogP) is 0.454. The van der Waals surface area contributed by atoms with Gasteiger partial charge >= 0.3 is 0 Å². The largest absolute Gasteiger partial charge is 0.392 e. The van der Waals surface area contributed by atoms with E-state index in [4.69, 9.17) is 16.7 Å². The summed E-state index contributed by atoms with van der Waals surface area (Å²) >= 11 is 5.34. The lowest BCUT2D eigenvalue weighted by Crippen LogP contribution is -2.37. The standard InChI is InChI=1S/C7H14ClNO2/c1-3-9(5-6(2)10)7(11)4-8/h6,10H,3-5H2,1-2H3. The Labute approximate surface area is 71.9 Å². The number of aliphatic hydroxyl groups excluding tert-OH is 1. The summed E-state index contributed by atoms with van der Waals surface area (Å²) in [4.78, 5) is 12.5. The Morgan fingerprint density at radius 2 is 2.27 bits per heavy atom. The van der Waals surface area contributed by atoms with Crippen molar-refractivity contribution in [2.24, 2.45) is 0 Å². The zero-order valence-corrected chi connectivity index (χ0v) is 7.64. The van der Waals surface area contributed by atoms with E-state index in [1.807, 2.05) is 6.92 Å². The van der Waals surface area contributed by atoms with Crippen LogP contribution in [0.5, 0.6) is 0 Å². The summed E-state index contributed by atoms with van der Waals surface area (Å²) in [5.74, 6) is -0.143. The van der Waals surface area contributed by atoms with Crippen LogP contribution in [0.2, 0.25) is 0 Å². The average Bonchev–Trinajstić information content (AvgIpc) is 1.98. The number of amides is 1. The lowest BCUT2D eigenvalue weighted by atomic mass is 10.3. The van der Waals surface area contributed by atoms with Crippen LogP contribution in [0.1, 0.15) is 13.8 Å². The highest BCUT2D eigenvalue weighted by atomic mass is 35.5. The highest BCUT2D eigenvalue weighted by molar-refractivity contribution is 6.27. The summed E-state index contributed by atoms with van der Waals surface area (Å²) < 4.78 is 0. The third kappa shape index (κ3) is 4.22. The molecule has 66 valence electrons. The number of alkyl halides is 1. The molecule has 1 amide bonds. The first-order chi connectivity index (χ1) is 5.11. The maximum Gasteiger partial charge on any atom is 0.237 e. The summed E-state index contributed by atoms with van der Waals surface area (Å²) in [5.41, 5.74) is 0. The van der Waals surface area contributed by atoms with Crippen molar-refractivity contribution in [3.8, 4) is 0 Å². The van der Waals surface area contributed by atoms with Gasteiger partial charge in [0.2, 0.25) is 5.91 Å². The molecule has 0 aromatic heterocycles. The zero-order chi connectivity index (χ0) is 8.85. The molecule has 1 unspecified atom stereocenters. The Morgan fingerprint density at radius 1 is 1.73 bits per heavy atom. The minimum atomic E-state index is -0.484. The van der Waals surface area contributed by atoms with Gasteiger partial charge in [-0.25, -0.2) is 0 Å².